The van der Waals surface area contributed by atoms with E-state index in [0.717, 1.165) is 24.3 Å². The summed E-state index contributed by atoms with van der Waals surface area (Å²) < 4.78 is 22.5. The predicted molar refractivity (Wildman–Crippen MR) is 121 cm³/mol. The summed E-state index contributed by atoms with van der Waals surface area (Å²) in [7, 11) is 0. The van der Waals surface area contributed by atoms with Crippen molar-refractivity contribution in [2.75, 3.05) is 37.4 Å². The van der Waals surface area contributed by atoms with E-state index in [9.17, 15) is 4.39 Å². The molecule has 10 heteroatoms. The Morgan fingerprint density at radius 3 is 2.72 bits per heavy atom. The Morgan fingerprint density at radius 1 is 1.12 bits per heavy atom. The lowest BCUT2D eigenvalue weighted by molar-refractivity contribution is 0.139. The summed E-state index contributed by atoms with van der Waals surface area (Å²) in [4.78, 5) is 23.8. The van der Waals surface area contributed by atoms with Gasteiger partial charge in [0.25, 0.3) is 0 Å². The van der Waals surface area contributed by atoms with Crippen molar-refractivity contribution >= 4 is 17.8 Å². The number of anilines is 1. The Labute approximate surface area is 190 Å². The normalized spacial score (nSPS) is 18.8. The van der Waals surface area contributed by atoms with Gasteiger partial charge in [0.2, 0.25) is 5.95 Å². The van der Waals surface area contributed by atoms with E-state index in [1.165, 1.54) is 6.07 Å². The molecule has 1 unspecified atom stereocenters. The summed E-state index contributed by atoms with van der Waals surface area (Å²) in [6, 6.07) is 4.89. The number of rotatable bonds is 6. The zero-order chi connectivity index (χ0) is 22.1. The van der Waals surface area contributed by atoms with Gasteiger partial charge in [-0.3, -0.25) is 0 Å². The molecule has 0 aliphatic carbocycles. The van der Waals surface area contributed by atoms with E-state index in [-0.39, 0.29) is 6.04 Å². The van der Waals surface area contributed by atoms with Crippen molar-refractivity contribution in [2.24, 2.45) is 5.92 Å². The van der Waals surface area contributed by atoms with Crippen LogP contribution in [0.25, 0.3) is 11.6 Å². The molecule has 0 amide bonds. The average molecular weight is 454 g/mol. The van der Waals surface area contributed by atoms with Crippen molar-refractivity contribution in [3.8, 4) is 17.4 Å². The quantitative estimate of drug-likeness (QED) is 0.413. The van der Waals surface area contributed by atoms with Crippen molar-refractivity contribution in [1.29, 1.82) is 0 Å². The van der Waals surface area contributed by atoms with Crippen LogP contribution in [0.15, 0.2) is 36.8 Å². The third-order valence-electron chi connectivity index (χ3n) is 5.89. The molecule has 0 spiro atoms. The van der Waals surface area contributed by atoms with Gasteiger partial charge in [-0.15, -0.1) is 0 Å². The summed E-state index contributed by atoms with van der Waals surface area (Å²) in [6.45, 7) is 5.30. The Hall–Kier alpha value is -2.85. The maximum absolute atomic E-state index is 14.3. The van der Waals surface area contributed by atoms with E-state index >= 15 is 0 Å². The molecular formula is C22H24FN7OS. The molecule has 1 fully saturated rings. The van der Waals surface area contributed by atoms with Crippen LogP contribution in [0.2, 0.25) is 0 Å². The van der Waals surface area contributed by atoms with E-state index in [4.69, 9.17) is 4.74 Å². The van der Waals surface area contributed by atoms with Crippen molar-refractivity contribution in [1.82, 2.24) is 29.2 Å². The van der Waals surface area contributed by atoms with Crippen LogP contribution in [0, 0.1) is 11.9 Å². The maximum atomic E-state index is 14.3. The number of aromatic nitrogens is 5. The van der Waals surface area contributed by atoms with Gasteiger partial charge in [-0.2, -0.15) is 4.39 Å². The molecule has 0 aromatic carbocycles. The van der Waals surface area contributed by atoms with Gasteiger partial charge < -0.3 is 9.64 Å². The molecule has 5 heterocycles. The van der Waals surface area contributed by atoms with Crippen LogP contribution >= 0.6 is 11.9 Å². The topological polar surface area (TPSA) is 80.2 Å². The Morgan fingerprint density at radius 2 is 1.94 bits per heavy atom. The molecule has 0 saturated carbocycles. The van der Waals surface area contributed by atoms with Crippen LogP contribution in [0.3, 0.4) is 0 Å². The van der Waals surface area contributed by atoms with Crippen LogP contribution in [0.4, 0.5) is 10.2 Å². The summed E-state index contributed by atoms with van der Waals surface area (Å²) in [5, 5.41) is 0. The fourth-order valence-corrected chi connectivity index (χ4v) is 4.80. The number of hydrogen-bond acceptors (Lipinski definition) is 9. The summed E-state index contributed by atoms with van der Waals surface area (Å²) in [5.74, 6) is 2.03. The zero-order valence-corrected chi connectivity index (χ0v) is 18.8. The molecule has 2 aliphatic heterocycles. The number of nitrogens with zero attached hydrogens (tertiary/aromatic N) is 7. The van der Waals surface area contributed by atoms with Crippen LogP contribution < -0.4 is 9.64 Å². The van der Waals surface area contributed by atoms with Gasteiger partial charge in [-0.1, -0.05) is 11.9 Å². The van der Waals surface area contributed by atoms with Gasteiger partial charge in [-0.05, 0) is 19.2 Å². The van der Waals surface area contributed by atoms with E-state index < -0.39 is 5.95 Å². The molecule has 0 radical (unpaired) electrons. The number of fused-ring (bicyclic) bond motifs is 1. The van der Waals surface area contributed by atoms with Crippen molar-refractivity contribution in [2.45, 2.75) is 19.4 Å². The van der Waals surface area contributed by atoms with Gasteiger partial charge in [0.15, 0.2) is 11.6 Å². The van der Waals surface area contributed by atoms with Crippen molar-refractivity contribution < 1.29 is 9.13 Å². The molecule has 1 atom stereocenters. The molecule has 1 saturated heterocycles. The third kappa shape index (κ3) is 4.24. The second-order valence-electron chi connectivity index (χ2n) is 7.98. The molecule has 166 valence electrons. The Bertz CT molecular complexity index is 1100. The molecule has 32 heavy (non-hydrogen) atoms. The lowest BCUT2D eigenvalue weighted by atomic mass is 9.99. The van der Waals surface area contributed by atoms with E-state index in [1.54, 1.807) is 30.4 Å². The van der Waals surface area contributed by atoms with Gasteiger partial charge in [-0.25, -0.2) is 29.2 Å². The fraction of sp³-hybridized carbons (Fsp3) is 0.409. The largest absolute Gasteiger partial charge is 0.493 e. The highest BCUT2D eigenvalue weighted by Crippen LogP contribution is 2.34. The lowest BCUT2D eigenvalue weighted by Gasteiger charge is -2.37. The molecule has 8 nitrogen and oxygen atoms in total. The molecule has 3 aromatic heterocycles. The highest BCUT2D eigenvalue weighted by Gasteiger charge is 2.29. The van der Waals surface area contributed by atoms with Crippen LogP contribution in [0.1, 0.15) is 24.2 Å². The van der Waals surface area contributed by atoms with Gasteiger partial charge in [0.1, 0.15) is 11.6 Å². The first-order chi connectivity index (χ1) is 15.6. The number of pyridine rings is 1. The summed E-state index contributed by atoms with van der Waals surface area (Å²) in [5.41, 5.74) is 1.96. The van der Waals surface area contributed by atoms with E-state index in [0.29, 0.717) is 48.7 Å². The minimum Gasteiger partial charge on any atom is -0.493 e. The minimum absolute atomic E-state index is 0.0478. The number of halogens is 1. The molecule has 0 N–H and O–H groups in total. The monoisotopic (exact) mass is 453 g/mol. The standard InChI is InChI=1S/C22H24FN7OS/c1-14-17-10-26-22(21-24-5-3-6-25-21)27-18(17)4-7-30(14)20-9-16(8-19(23)28-20)31-13-15-11-29(12-15)32-2/h3,5-6,8-10,14-15H,4,7,11-13H2,1-2H3. The fourth-order valence-electron chi connectivity index (χ4n) is 4.08. The van der Waals surface area contributed by atoms with Crippen LogP contribution in [-0.2, 0) is 6.42 Å². The first-order valence-corrected chi connectivity index (χ1v) is 11.8. The van der Waals surface area contributed by atoms with Gasteiger partial charge in [0, 0.05) is 68.3 Å². The molecular weight excluding hydrogens is 429 g/mol. The molecule has 0 bridgehead atoms. The molecule has 3 aromatic rings. The average Bonchev–Trinajstić information content (AvgIpc) is 2.78. The Balaban J connectivity index is 1.32. The number of hydrogen-bond donors (Lipinski definition) is 0. The number of ether oxygens (including phenoxy) is 1. The van der Waals surface area contributed by atoms with Crippen molar-refractivity contribution in [3.05, 3.63) is 54.0 Å². The zero-order valence-electron chi connectivity index (χ0n) is 18.0. The van der Waals surface area contributed by atoms with Gasteiger partial charge in [0.05, 0.1) is 18.3 Å². The molecule has 2 aliphatic rings. The maximum Gasteiger partial charge on any atom is 0.218 e. The van der Waals surface area contributed by atoms with E-state index in [1.807, 2.05) is 12.3 Å². The Kier molecular flexibility index (Phi) is 5.88. The minimum atomic E-state index is -0.539. The van der Waals surface area contributed by atoms with Gasteiger partial charge >= 0.3 is 0 Å². The predicted octanol–water partition coefficient (Wildman–Crippen LogP) is 3.18. The van der Waals surface area contributed by atoms with Crippen LogP contribution in [0.5, 0.6) is 5.75 Å². The lowest BCUT2D eigenvalue weighted by Crippen LogP contribution is -2.44. The van der Waals surface area contributed by atoms with E-state index in [2.05, 4.69) is 47.3 Å². The summed E-state index contributed by atoms with van der Waals surface area (Å²) >= 11 is 1.74. The first kappa shape index (κ1) is 21.0. The smallest absolute Gasteiger partial charge is 0.218 e. The highest BCUT2D eigenvalue weighted by atomic mass is 32.2. The van der Waals surface area contributed by atoms with Crippen molar-refractivity contribution in [3.63, 3.8) is 0 Å². The summed E-state index contributed by atoms with van der Waals surface area (Å²) in [6.07, 6.45) is 7.93. The second kappa shape index (κ2) is 8.95. The first-order valence-electron chi connectivity index (χ1n) is 10.6. The molecule has 5 rings (SSSR count). The third-order valence-corrected chi connectivity index (χ3v) is 6.70. The highest BCUT2D eigenvalue weighted by molar-refractivity contribution is 7.96. The second-order valence-corrected chi connectivity index (χ2v) is 8.86. The van der Waals surface area contributed by atoms with Crippen LogP contribution in [-0.4, -0.2) is 61.7 Å². The SMILES string of the molecule is CSN1CC(COc2cc(F)nc(N3CCc4nc(-c5ncccn5)ncc4C3C)c2)C1.